The fourth-order valence-corrected chi connectivity index (χ4v) is 2.20. The highest BCUT2D eigenvalue weighted by Crippen LogP contribution is 2.17. The third-order valence-corrected chi connectivity index (χ3v) is 3.66. The van der Waals surface area contributed by atoms with Crippen LogP contribution in [-0.2, 0) is 17.6 Å². The zero-order chi connectivity index (χ0) is 14.7. The Kier molecular flexibility index (Phi) is 4.56. The van der Waals surface area contributed by atoms with Gasteiger partial charge in [0.25, 0.3) is 0 Å². The van der Waals surface area contributed by atoms with Gasteiger partial charge >= 0.3 is 0 Å². The molecule has 2 aromatic carbocycles. The van der Waals surface area contributed by atoms with Crippen LogP contribution in [-0.4, -0.2) is 5.78 Å². The maximum absolute atomic E-state index is 13.3. The molecule has 0 amide bonds. The summed E-state index contributed by atoms with van der Waals surface area (Å²) in [5.41, 5.74) is 4.03. The van der Waals surface area contributed by atoms with Crippen LogP contribution in [0.1, 0.15) is 22.3 Å². The Morgan fingerprint density at radius 2 is 1.60 bits per heavy atom. The number of carbonyl (C=O) groups excluding carboxylic acids is 1. The van der Waals surface area contributed by atoms with E-state index in [0.29, 0.717) is 12.0 Å². The molecule has 0 saturated heterocycles. The number of hydrogen-bond donors (Lipinski definition) is 0. The topological polar surface area (TPSA) is 17.1 Å². The van der Waals surface area contributed by atoms with Gasteiger partial charge < -0.3 is 0 Å². The van der Waals surface area contributed by atoms with Crippen molar-refractivity contribution in [1.82, 2.24) is 0 Å². The lowest BCUT2D eigenvalue weighted by molar-refractivity contribution is -0.117. The molecule has 2 aromatic rings. The van der Waals surface area contributed by atoms with Crippen LogP contribution in [0.15, 0.2) is 36.4 Å². The van der Waals surface area contributed by atoms with Crippen molar-refractivity contribution in [2.75, 3.05) is 0 Å². The van der Waals surface area contributed by atoms with Crippen LogP contribution in [0.4, 0.5) is 4.39 Å². The van der Waals surface area contributed by atoms with Crippen molar-refractivity contribution in [1.29, 1.82) is 0 Å². The molecule has 0 heterocycles. The average Bonchev–Trinajstić information content (AvgIpc) is 2.38. The van der Waals surface area contributed by atoms with Crippen molar-refractivity contribution in [2.24, 2.45) is 0 Å². The minimum absolute atomic E-state index is 0.0648. The van der Waals surface area contributed by atoms with Gasteiger partial charge in [-0.25, -0.2) is 4.39 Å². The molecule has 104 valence electrons. The van der Waals surface area contributed by atoms with Crippen LogP contribution >= 0.6 is 11.6 Å². The van der Waals surface area contributed by atoms with Gasteiger partial charge in [0.2, 0.25) is 0 Å². The number of halogens is 2. The lowest BCUT2D eigenvalue weighted by Gasteiger charge is -2.06. The van der Waals surface area contributed by atoms with E-state index in [9.17, 15) is 9.18 Å². The Balaban J connectivity index is 2.04. The first kappa shape index (κ1) is 14.7. The minimum Gasteiger partial charge on any atom is -0.299 e. The summed E-state index contributed by atoms with van der Waals surface area (Å²) >= 11 is 5.62. The average molecular weight is 291 g/mol. The van der Waals surface area contributed by atoms with E-state index < -0.39 is 5.82 Å². The molecular formula is C17H16ClFO. The number of hydrogen-bond acceptors (Lipinski definition) is 1. The summed E-state index contributed by atoms with van der Waals surface area (Å²) in [7, 11) is 0. The molecule has 0 atom stereocenters. The summed E-state index contributed by atoms with van der Waals surface area (Å²) in [4.78, 5) is 12.0. The third kappa shape index (κ3) is 3.67. The molecule has 0 unspecified atom stereocenters. The van der Waals surface area contributed by atoms with Crippen molar-refractivity contribution >= 4 is 17.4 Å². The first-order chi connectivity index (χ1) is 9.45. The Morgan fingerprint density at radius 1 is 1.00 bits per heavy atom. The van der Waals surface area contributed by atoms with E-state index in [0.717, 1.165) is 5.56 Å². The Labute approximate surface area is 123 Å². The molecule has 2 rings (SSSR count). The smallest absolute Gasteiger partial charge is 0.142 e. The zero-order valence-corrected chi connectivity index (χ0v) is 12.3. The number of Topliss-reactive ketones (excluding diaryl/α,β-unsaturated/α-hetero) is 1. The van der Waals surface area contributed by atoms with E-state index >= 15 is 0 Å². The predicted molar refractivity (Wildman–Crippen MR) is 79.7 cm³/mol. The Morgan fingerprint density at radius 3 is 2.20 bits per heavy atom. The van der Waals surface area contributed by atoms with Crippen LogP contribution in [0.3, 0.4) is 0 Å². The number of benzene rings is 2. The van der Waals surface area contributed by atoms with E-state index in [1.807, 2.05) is 32.0 Å². The van der Waals surface area contributed by atoms with Crippen molar-refractivity contribution in [3.8, 4) is 0 Å². The van der Waals surface area contributed by atoms with Crippen LogP contribution in [0.25, 0.3) is 0 Å². The fourth-order valence-electron chi connectivity index (χ4n) is 2.08. The molecule has 0 aromatic heterocycles. The highest BCUT2D eigenvalue weighted by molar-refractivity contribution is 6.30. The standard InChI is InChI=1S/C17H16ClFO/c1-11-3-4-13(7-12(11)2)8-15(20)9-14-5-6-16(18)17(19)10-14/h3-7,10H,8-9H2,1-2H3. The summed E-state index contributed by atoms with van der Waals surface area (Å²) in [6.45, 7) is 4.06. The lowest BCUT2D eigenvalue weighted by atomic mass is 9.99. The monoisotopic (exact) mass is 290 g/mol. The second-order valence-electron chi connectivity index (χ2n) is 5.06. The quantitative estimate of drug-likeness (QED) is 0.813. The van der Waals surface area contributed by atoms with E-state index in [2.05, 4.69) is 0 Å². The van der Waals surface area contributed by atoms with Gasteiger partial charge in [-0.05, 0) is 48.2 Å². The van der Waals surface area contributed by atoms with Crippen molar-refractivity contribution in [3.63, 3.8) is 0 Å². The fraction of sp³-hybridized carbons (Fsp3) is 0.235. The van der Waals surface area contributed by atoms with Crippen LogP contribution in [0.5, 0.6) is 0 Å². The summed E-state index contributed by atoms with van der Waals surface area (Å²) in [6, 6.07) is 10.5. The van der Waals surface area contributed by atoms with Gasteiger partial charge in [0, 0.05) is 12.8 Å². The molecule has 20 heavy (non-hydrogen) atoms. The molecule has 0 radical (unpaired) electrons. The summed E-state index contributed by atoms with van der Waals surface area (Å²) in [5, 5.41) is 0.0790. The van der Waals surface area contributed by atoms with Gasteiger partial charge in [0.05, 0.1) is 5.02 Å². The molecule has 0 aliphatic heterocycles. The van der Waals surface area contributed by atoms with E-state index in [4.69, 9.17) is 11.6 Å². The number of aryl methyl sites for hydroxylation is 2. The van der Waals surface area contributed by atoms with Crippen LogP contribution in [0.2, 0.25) is 5.02 Å². The Hall–Kier alpha value is -1.67. The summed E-state index contributed by atoms with van der Waals surface area (Å²) in [6.07, 6.45) is 0.590. The molecular weight excluding hydrogens is 275 g/mol. The van der Waals surface area contributed by atoms with Gasteiger partial charge in [-0.1, -0.05) is 35.9 Å². The van der Waals surface area contributed by atoms with E-state index in [-0.39, 0.29) is 17.2 Å². The van der Waals surface area contributed by atoms with E-state index in [1.165, 1.54) is 23.3 Å². The molecule has 0 N–H and O–H groups in total. The lowest BCUT2D eigenvalue weighted by Crippen LogP contribution is -2.07. The molecule has 0 saturated carbocycles. The highest BCUT2D eigenvalue weighted by atomic mass is 35.5. The van der Waals surface area contributed by atoms with Crippen molar-refractivity contribution in [2.45, 2.75) is 26.7 Å². The molecule has 3 heteroatoms. The van der Waals surface area contributed by atoms with E-state index in [1.54, 1.807) is 6.07 Å². The van der Waals surface area contributed by atoms with Crippen LogP contribution < -0.4 is 0 Å². The number of ketones is 1. The predicted octanol–water partition coefficient (Wildman–Crippen LogP) is 4.45. The van der Waals surface area contributed by atoms with Crippen molar-refractivity contribution < 1.29 is 9.18 Å². The van der Waals surface area contributed by atoms with Crippen molar-refractivity contribution in [3.05, 3.63) is 69.5 Å². The maximum atomic E-state index is 13.3. The normalized spacial score (nSPS) is 10.6. The van der Waals surface area contributed by atoms with Gasteiger partial charge in [0.1, 0.15) is 11.6 Å². The first-order valence-electron chi connectivity index (χ1n) is 6.47. The minimum atomic E-state index is -0.483. The van der Waals surface area contributed by atoms with Crippen LogP contribution in [0, 0.1) is 19.7 Å². The van der Waals surface area contributed by atoms with Gasteiger partial charge in [0.15, 0.2) is 0 Å². The molecule has 0 aliphatic carbocycles. The summed E-state index contributed by atoms with van der Waals surface area (Å²) in [5.74, 6) is -0.418. The largest absolute Gasteiger partial charge is 0.299 e. The van der Waals surface area contributed by atoms with Gasteiger partial charge in [-0.3, -0.25) is 4.79 Å². The second-order valence-corrected chi connectivity index (χ2v) is 5.47. The molecule has 0 spiro atoms. The molecule has 0 aliphatic rings. The zero-order valence-electron chi connectivity index (χ0n) is 11.5. The molecule has 0 fully saturated rings. The SMILES string of the molecule is Cc1ccc(CC(=O)Cc2ccc(Cl)c(F)c2)cc1C. The number of carbonyl (C=O) groups is 1. The van der Waals surface area contributed by atoms with Gasteiger partial charge in [-0.2, -0.15) is 0 Å². The first-order valence-corrected chi connectivity index (χ1v) is 6.85. The molecule has 0 bridgehead atoms. The highest BCUT2D eigenvalue weighted by Gasteiger charge is 2.08. The molecule has 1 nitrogen and oxygen atoms in total. The third-order valence-electron chi connectivity index (χ3n) is 3.36. The second kappa shape index (κ2) is 6.19. The summed E-state index contributed by atoms with van der Waals surface area (Å²) < 4.78 is 13.3. The van der Waals surface area contributed by atoms with Gasteiger partial charge in [-0.15, -0.1) is 0 Å². The maximum Gasteiger partial charge on any atom is 0.142 e. The Bertz CT molecular complexity index is 594. The number of rotatable bonds is 4.